The van der Waals surface area contributed by atoms with Crippen molar-refractivity contribution >= 4 is 11.5 Å². The molecule has 1 aliphatic heterocycles. The summed E-state index contributed by atoms with van der Waals surface area (Å²) in [5.41, 5.74) is 8.94. The summed E-state index contributed by atoms with van der Waals surface area (Å²) in [6.45, 7) is 3.32. The number of fused-ring (bicyclic) bond motifs is 2. The molecule has 0 aromatic heterocycles. The molecular formula is C26H31NO2. The van der Waals surface area contributed by atoms with Crippen LogP contribution in [0.15, 0.2) is 54.1 Å². The molecule has 2 aliphatic rings. The van der Waals surface area contributed by atoms with Crippen LogP contribution in [0, 0.1) is 0 Å². The van der Waals surface area contributed by atoms with Crippen LogP contribution in [0.4, 0.5) is 0 Å². The van der Waals surface area contributed by atoms with E-state index in [2.05, 4.69) is 53.4 Å². The first-order chi connectivity index (χ1) is 14.2. The Morgan fingerprint density at radius 2 is 1.38 bits per heavy atom. The SMILES string of the molecule is O=C(O)CCCCCN1CCC(=C2c3ccccc3CCc3ccccc32)CC1. The minimum Gasteiger partial charge on any atom is -0.481 e. The number of piperidine rings is 1. The normalized spacial score (nSPS) is 16.8. The molecule has 0 atom stereocenters. The van der Waals surface area contributed by atoms with Crippen LogP contribution in [0.5, 0.6) is 0 Å². The zero-order chi connectivity index (χ0) is 20.1. The lowest BCUT2D eigenvalue weighted by atomic mass is 9.86. The van der Waals surface area contributed by atoms with Crippen LogP contribution >= 0.6 is 0 Å². The van der Waals surface area contributed by atoms with E-state index in [1.165, 1.54) is 27.8 Å². The van der Waals surface area contributed by atoms with Gasteiger partial charge in [0.15, 0.2) is 0 Å². The zero-order valence-corrected chi connectivity index (χ0v) is 17.2. The number of hydrogen-bond acceptors (Lipinski definition) is 2. The third-order valence-electron chi connectivity index (χ3n) is 6.42. The van der Waals surface area contributed by atoms with E-state index in [4.69, 9.17) is 5.11 Å². The highest BCUT2D eigenvalue weighted by Crippen LogP contribution is 2.38. The van der Waals surface area contributed by atoms with Crippen LogP contribution in [-0.2, 0) is 17.6 Å². The molecule has 0 unspecified atom stereocenters. The van der Waals surface area contributed by atoms with Gasteiger partial charge in [-0.1, -0.05) is 60.5 Å². The summed E-state index contributed by atoms with van der Waals surface area (Å²) >= 11 is 0. The van der Waals surface area contributed by atoms with Crippen LogP contribution < -0.4 is 0 Å². The van der Waals surface area contributed by atoms with E-state index in [-0.39, 0.29) is 0 Å². The number of carbonyl (C=O) groups is 1. The maximum absolute atomic E-state index is 10.6. The average Bonchev–Trinajstić information content (AvgIpc) is 2.91. The number of nitrogens with zero attached hydrogens (tertiary/aromatic N) is 1. The number of aryl methyl sites for hydroxylation is 2. The summed E-state index contributed by atoms with van der Waals surface area (Å²) in [7, 11) is 0. The first-order valence-corrected chi connectivity index (χ1v) is 11.0. The third kappa shape index (κ3) is 4.79. The molecule has 2 aromatic rings. The molecule has 1 N–H and O–H groups in total. The maximum atomic E-state index is 10.6. The van der Waals surface area contributed by atoms with E-state index in [9.17, 15) is 4.79 Å². The zero-order valence-electron chi connectivity index (χ0n) is 17.2. The molecule has 1 heterocycles. The van der Waals surface area contributed by atoms with Gasteiger partial charge in [-0.15, -0.1) is 0 Å². The Morgan fingerprint density at radius 1 is 0.793 bits per heavy atom. The first-order valence-electron chi connectivity index (χ1n) is 11.0. The van der Waals surface area contributed by atoms with Gasteiger partial charge in [0, 0.05) is 19.5 Å². The second-order valence-electron chi connectivity index (χ2n) is 8.34. The van der Waals surface area contributed by atoms with Crippen molar-refractivity contribution in [3.63, 3.8) is 0 Å². The van der Waals surface area contributed by atoms with E-state index in [0.29, 0.717) is 6.42 Å². The number of carboxylic acid groups (broad SMARTS) is 1. The van der Waals surface area contributed by atoms with Gasteiger partial charge in [0.1, 0.15) is 0 Å². The number of aliphatic carboxylic acids is 1. The second kappa shape index (κ2) is 9.41. The fourth-order valence-electron chi connectivity index (χ4n) is 4.84. The lowest BCUT2D eigenvalue weighted by Gasteiger charge is -2.30. The Morgan fingerprint density at radius 3 is 1.97 bits per heavy atom. The van der Waals surface area contributed by atoms with Gasteiger partial charge < -0.3 is 10.0 Å². The molecule has 2 aromatic carbocycles. The number of carboxylic acids is 1. The summed E-state index contributed by atoms with van der Waals surface area (Å²) in [5.74, 6) is -0.678. The highest BCUT2D eigenvalue weighted by molar-refractivity contribution is 5.86. The standard InChI is InChI=1S/C26H31NO2/c28-25(29)12-2-1-7-17-27-18-15-22(16-19-27)26-23-10-5-3-8-20(23)13-14-21-9-4-6-11-24(21)26/h3-6,8-11H,1-2,7,12-19H2,(H,28,29). The Balaban J connectivity index is 1.49. The van der Waals surface area contributed by atoms with Crippen molar-refractivity contribution < 1.29 is 9.90 Å². The van der Waals surface area contributed by atoms with Crippen molar-refractivity contribution in [1.82, 2.24) is 4.90 Å². The number of benzene rings is 2. The lowest BCUT2D eigenvalue weighted by molar-refractivity contribution is -0.137. The molecule has 1 fully saturated rings. The molecular weight excluding hydrogens is 358 g/mol. The predicted octanol–water partition coefficient (Wildman–Crippen LogP) is 5.33. The molecule has 0 bridgehead atoms. The van der Waals surface area contributed by atoms with Gasteiger partial charge in [-0.3, -0.25) is 4.79 Å². The van der Waals surface area contributed by atoms with Crippen LogP contribution in [0.1, 0.15) is 60.8 Å². The number of hydrogen-bond donors (Lipinski definition) is 1. The molecule has 0 amide bonds. The van der Waals surface area contributed by atoms with Gasteiger partial charge in [-0.2, -0.15) is 0 Å². The highest BCUT2D eigenvalue weighted by Gasteiger charge is 2.23. The van der Waals surface area contributed by atoms with Gasteiger partial charge in [-0.05, 0) is 72.9 Å². The van der Waals surface area contributed by atoms with Crippen LogP contribution in [0.25, 0.3) is 5.57 Å². The lowest BCUT2D eigenvalue weighted by Crippen LogP contribution is -2.32. The van der Waals surface area contributed by atoms with Crippen LogP contribution in [0.3, 0.4) is 0 Å². The van der Waals surface area contributed by atoms with Gasteiger partial charge in [0.05, 0.1) is 0 Å². The summed E-state index contributed by atoms with van der Waals surface area (Å²) in [5, 5.41) is 8.76. The smallest absolute Gasteiger partial charge is 0.303 e. The molecule has 0 spiro atoms. The van der Waals surface area contributed by atoms with E-state index in [1.54, 1.807) is 5.57 Å². The molecule has 1 saturated heterocycles. The minimum atomic E-state index is -0.678. The summed E-state index contributed by atoms with van der Waals surface area (Å²) in [4.78, 5) is 13.2. The second-order valence-corrected chi connectivity index (χ2v) is 8.34. The topological polar surface area (TPSA) is 40.5 Å². The van der Waals surface area contributed by atoms with E-state index < -0.39 is 5.97 Å². The van der Waals surface area contributed by atoms with Crippen LogP contribution in [-0.4, -0.2) is 35.6 Å². The first kappa shape index (κ1) is 19.9. The largest absolute Gasteiger partial charge is 0.481 e. The monoisotopic (exact) mass is 389 g/mol. The van der Waals surface area contributed by atoms with Gasteiger partial charge in [0.25, 0.3) is 0 Å². The van der Waals surface area contributed by atoms with Gasteiger partial charge >= 0.3 is 5.97 Å². The Hall–Kier alpha value is -2.39. The fraction of sp³-hybridized carbons (Fsp3) is 0.423. The third-order valence-corrected chi connectivity index (χ3v) is 6.42. The van der Waals surface area contributed by atoms with Crippen molar-refractivity contribution in [2.24, 2.45) is 0 Å². The number of unbranched alkanes of at least 4 members (excludes halogenated alkanes) is 2. The number of rotatable bonds is 6. The van der Waals surface area contributed by atoms with Crippen molar-refractivity contribution in [3.05, 3.63) is 76.4 Å². The van der Waals surface area contributed by atoms with Crippen LogP contribution in [0.2, 0.25) is 0 Å². The molecule has 4 rings (SSSR count). The highest BCUT2D eigenvalue weighted by atomic mass is 16.4. The number of likely N-dealkylation sites (tertiary alicyclic amines) is 1. The molecule has 152 valence electrons. The minimum absolute atomic E-state index is 0.301. The van der Waals surface area contributed by atoms with Crippen molar-refractivity contribution in [2.75, 3.05) is 19.6 Å². The van der Waals surface area contributed by atoms with E-state index >= 15 is 0 Å². The molecule has 29 heavy (non-hydrogen) atoms. The Kier molecular flexibility index (Phi) is 6.46. The van der Waals surface area contributed by atoms with Gasteiger partial charge in [0.2, 0.25) is 0 Å². The summed E-state index contributed by atoms with van der Waals surface area (Å²) in [6.07, 6.45) is 7.71. The molecule has 3 heteroatoms. The molecule has 1 aliphatic carbocycles. The van der Waals surface area contributed by atoms with Crippen molar-refractivity contribution in [3.8, 4) is 0 Å². The maximum Gasteiger partial charge on any atom is 0.303 e. The Labute approximate surface area is 174 Å². The van der Waals surface area contributed by atoms with Crippen molar-refractivity contribution in [1.29, 1.82) is 0 Å². The fourth-order valence-corrected chi connectivity index (χ4v) is 4.84. The average molecular weight is 390 g/mol. The molecule has 3 nitrogen and oxygen atoms in total. The van der Waals surface area contributed by atoms with Crippen molar-refractivity contribution in [2.45, 2.75) is 51.4 Å². The quantitative estimate of drug-likeness (QED) is 0.679. The van der Waals surface area contributed by atoms with E-state index in [0.717, 1.165) is 64.6 Å². The molecule has 0 saturated carbocycles. The molecule has 0 radical (unpaired) electrons. The summed E-state index contributed by atoms with van der Waals surface area (Å²) in [6, 6.07) is 17.9. The van der Waals surface area contributed by atoms with E-state index in [1.807, 2.05) is 0 Å². The summed E-state index contributed by atoms with van der Waals surface area (Å²) < 4.78 is 0. The van der Waals surface area contributed by atoms with Gasteiger partial charge in [-0.25, -0.2) is 0 Å². The Bertz CT molecular complexity index is 840. The predicted molar refractivity (Wildman–Crippen MR) is 118 cm³/mol.